The molecule has 0 aliphatic heterocycles. The molecule has 29 heavy (non-hydrogen) atoms. The summed E-state index contributed by atoms with van der Waals surface area (Å²) in [6.07, 6.45) is 6.03. The van der Waals surface area contributed by atoms with Gasteiger partial charge in [-0.05, 0) is 68.9 Å². The van der Waals surface area contributed by atoms with Gasteiger partial charge in [-0.15, -0.1) is 0 Å². The van der Waals surface area contributed by atoms with Crippen LogP contribution >= 0.6 is 0 Å². The first-order valence-electron chi connectivity index (χ1n) is 10.0. The van der Waals surface area contributed by atoms with Crippen LogP contribution in [0.3, 0.4) is 0 Å². The van der Waals surface area contributed by atoms with E-state index in [4.69, 9.17) is 5.10 Å². The summed E-state index contributed by atoms with van der Waals surface area (Å²) in [5.74, 6) is 0. The zero-order valence-corrected chi connectivity index (χ0v) is 17.7. The highest BCUT2D eigenvalue weighted by Gasteiger charge is 2.23. The standard InChI is InChI=1S/C22H26N4O2S/c1-16-10-11-17(2)21(15-16)29(27,28)24-13-14-26-20-9-4-3-7-18(20)22(25-26)19-8-5-6-12-23-19/h5-6,8,10-12,15,24H,3-4,7,9,13-14H2,1-2H3. The van der Waals surface area contributed by atoms with Crippen molar-refractivity contribution in [3.8, 4) is 11.4 Å². The second kappa shape index (κ2) is 8.08. The minimum Gasteiger partial charge on any atom is -0.267 e. The Labute approximate surface area is 172 Å². The maximum atomic E-state index is 12.8. The van der Waals surface area contributed by atoms with E-state index in [2.05, 4.69) is 9.71 Å². The molecule has 4 rings (SSSR count). The minimum absolute atomic E-state index is 0.297. The van der Waals surface area contributed by atoms with Gasteiger partial charge in [0, 0.05) is 24.0 Å². The van der Waals surface area contributed by atoms with Crippen LogP contribution in [0.4, 0.5) is 0 Å². The summed E-state index contributed by atoms with van der Waals surface area (Å²) >= 11 is 0. The van der Waals surface area contributed by atoms with E-state index in [1.54, 1.807) is 12.3 Å². The van der Waals surface area contributed by atoms with Gasteiger partial charge in [0.25, 0.3) is 0 Å². The van der Waals surface area contributed by atoms with Gasteiger partial charge in [-0.25, -0.2) is 13.1 Å². The third-order valence-electron chi connectivity index (χ3n) is 5.41. The topological polar surface area (TPSA) is 76.9 Å². The minimum atomic E-state index is -3.55. The van der Waals surface area contributed by atoms with Gasteiger partial charge in [0.15, 0.2) is 0 Å². The van der Waals surface area contributed by atoms with Gasteiger partial charge in [0.2, 0.25) is 10.0 Å². The molecular formula is C22H26N4O2S. The van der Waals surface area contributed by atoms with Gasteiger partial charge < -0.3 is 0 Å². The first-order chi connectivity index (χ1) is 14.0. The van der Waals surface area contributed by atoms with Crippen molar-refractivity contribution in [2.75, 3.05) is 6.54 Å². The summed E-state index contributed by atoms with van der Waals surface area (Å²) in [6.45, 7) is 4.51. The third-order valence-corrected chi connectivity index (χ3v) is 7.02. The van der Waals surface area contributed by atoms with Crippen molar-refractivity contribution in [1.29, 1.82) is 0 Å². The molecule has 0 fully saturated rings. The van der Waals surface area contributed by atoms with E-state index in [-0.39, 0.29) is 0 Å². The Hall–Kier alpha value is -2.51. The fourth-order valence-electron chi connectivity index (χ4n) is 3.92. The molecule has 0 unspecified atom stereocenters. The average Bonchev–Trinajstić information content (AvgIpc) is 3.09. The van der Waals surface area contributed by atoms with E-state index in [1.807, 2.05) is 48.9 Å². The number of nitrogens with zero attached hydrogens (tertiary/aromatic N) is 3. The Morgan fingerprint density at radius 2 is 1.93 bits per heavy atom. The van der Waals surface area contributed by atoms with E-state index >= 15 is 0 Å². The summed E-state index contributed by atoms with van der Waals surface area (Å²) in [6, 6.07) is 11.3. The molecule has 1 aliphatic rings. The first-order valence-corrected chi connectivity index (χ1v) is 11.5. The summed E-state index contributed by atoms with van der Waals surface area (Å²) in [7, 11) is -3.55. The quantitative estimate of drug-likeness (QED) is 0.676. The average molecular weight is 411 g/mol. The predicted molar refractivity (Wildman–Crippen MR) is 113 cm³/mol. The zero-order chi connectivity index (χ0) is 20.4. The molecule has 0 spiro atoms. The molecule has 7 heteroatoms. The number of rotatable bonds is 6. The number of hydrogen-bond acceptors (Lipinski definition) is 4. The van der Waals surface area contributed by atoms with E-state index in [0.717, 1.165) is 48.2 Å². The number of hydrogen-bond donors (Lipinski definition) is 1. The molecule has 2 heterocycles. The van der Waals surface area contributed by atoms with Crippen LogP contribution in [-0.4, -0.2) is 29.7 Å². The van der Waals surface area contributed by atoms with Crippen LogP contribution in [-0.2, 0) is 29.4 Å². The van der Waals surface area contributed by atoms with Crippen molar-refractivity contribution in [2.45, 2.75) is 51.0 Å². The lowest BCUT2D eigenvalue weighted by molar-refractivity contribution is 0.538. The van der Waals surface area contributed by atoms with Crippen molar-refractivity contribution < 1.29 is 8.42 Å². The van der Waals surface area contributed by atoms with Crippen LogP contribution in [0.2, 0.25) is 0 Å². The Balaban J connectivity index is 1.55. The summed E-state index contributed by atoms with van der Waals surface area (Å²) in [5, 5.41) is 4.81. The zero-order valence-electron chi connectivity index (χ0n) is 16.9. The number of aryl methyl sites for hydroxylation is 2. The molecule has 0 saturated heterocycles. The maximum Gasteiger partial charge on any atom is 0.240 e. The van der Waals surface area contributed by atoms with Crippen molar-refractivity contribution in [3.63, 3.8) is 0 Å². The number of fused-ring (bicyclic) bond motifs is 1. The van der Waals surface area contributed by atoms with Crippen LogP contribution in [0.5, 0.6) is 0 Å². The molecular weight excluding hydrogens is 384 g/mol. The highest BCUT2D eigenvalue weighted by molar-refractivity contribution is 7.89. The number of aromatic nitrogens is 3. The SMILES string of the molecule is Cc1ccc(C)c(S(=O)(=O)NCCn2nc(-c3ccccn3)c3c2CCCC3)c1. The van der Waals surface area contributed by atoms with Crippen LogP contribution in [0, 0.1) is 13.8 Å². The third kappa shape index (κ3) is 4.11. The van der Waals surface area contributed by atoms with Crippen LogP contribution < -0.4 is 4.72 Å². The Bertz CT molecular complexity index is 1120. The molecule has 2 aromatic heterocycles. The van der Waals surface area contributed by atoms with Crippen molar-refractivity contribution in [1.82, 2.24) is 19.5 Å². The lowest BCUT2D eigenvalue weighted by atomic mass is 9.95. The van der Waals surface area contributed by atoms with Crippen LogP contribution in [0.25, 0.3) is 11.4 Å². The highest BCUT2D eigenvalue weighted by atomic mass is 32.2. The molecule has 152 valence electrons. The molecule has 0 radical (unpaired) electrons. The van der Waals surface area contributed by atoms with Gasteiger partial charge >= 0.3 is 0 Å². The van der Waals surface area contributed by atoms with Crippen LogP contribution in [0.1, 0.15) is 35.2 Å². The van der Waals surface area contributed by atoms with Gasteiger partial charge in [-0.2, -0.15) is 5.10 Å². The molecule has 0 bridgehead atoms. The van der Waals surface area contributed by atoms with Gasteiger partial charge in [-0.3, -0.25) is 9.67 Å². The number of sulfonamides is 1. The Morgan fingerprint density at radius 3 is 2.72 bits per heavy atom. The van der Waals surface area contributed by atoms with Gasteiger partial charge in [0.1, 0.15) is 5.69 Å². The van der Waals surface area contributed by atoms with E-state index < -0.39 is 10.0 Å². The van der Waals surface area contributed by atoms with Crippen molar-refractivity contribution in [2.24, 2.45) is 0 Å². The van der Waals surface area contributed by atoms with E-state index in [9.17, 15) is 8.42 Å². The molecule has 1 aliphatic carbocycles. The van der Waals surface area contributed by atoms with Gasteiger partial charge in [0.05, 0.1) is 17.1 Å². The maximum absolute atomic E-state index is 12.8. The molecule has 6 nitrogen and oxygen atoms in total. The fourth-order valence-corrected chi connectivity index (χ4v) is 5.27. The van der Waals surface area contributed by atoms with E-state index in [1.165, 1.54) is 11.3 Å². The van der Waals surface area contributed by atoms with Crippen molar-refractivity contribution in [3.05, 3.63) is 65.0 Å². The molecule has 1 aromatic carbocycles. The second-order valence-electron chi connectivity index (χ2n) is 7.59. The van der Waals surface area contributed by atoms with Crippen LogP contribution in [0.15, 0.2) is 47.5 Å². The summed E-state index contributed by atoms with van der Waals surface area (Å²) < 4.78 is 30.2. The number of benzene rings is 1. The lowest BCUT2D eigenvalue weighted by Gasteiger charge is -2.15. The summed E-state index contributed by atoms with van der Waals surface area (Å²) in [5.41, 5.74) is 5.95. The Morgan fingerprint density at radius 1 is 1.10 bits per heavy atom. The normalized spacial score (nSPS) is 14.0. The summed E-state index contributed by atoms with van der Waals surface area (Å²) in [4.78, 5) is 4.80. The molecule has 0 atom stereocenters. The van der Waals surface area contributed by atoms with Crippen molar-refractivity contribution >= 4 is 10.0 Å². The second-order valence-corrected chi connectivity index (χ2v) is 9.32. The molecule has 3 aromatic rings. The highest BCUT2D eigenvalue weighted by Crippen LogP contribution is 2.30. The first kappa shape index (κ1) is 19.8. The number of nitrogens with one attached hydrogen (secondary N) is 1. The Kier molecular flexibility index (Phi) is 5.52. The molecule has 0 saturated carbocycles. The molecule has 0 amide bonds. The fraction of sp³-hybridized carbons (Fsp3) is 0.364. The molecule has 1 N–H and O–H groups in total. The monoisotopic (exact) mass is 410 g/mol. The lowest BCUT2D eigenvalue weighted by Crippen LogP contribution is -2.29. The largest absolute Gasteiger partial charge is 0.267 e. The smallest absolute Gasteiger partial charge is 0.240 e. The van der Waals surface area contributed by atoms with Gasteiger partial charge in [-0.1, -0.05) is 18.2 Å². The number of pyridine rings is 1. The van der Waals surface area contributed by atoms with E-state index in [0.29, 0.717) is 18.0 Å². The predicted octanol–water partition coefficient (Wildman–Crippen LogP) is 3.42.